The Kier molecular flexibility index (Phi) is 6.95. The molecule has 2 N–H and O–H groups in total. The quantitative estimate of drug-likeness (QED) is 0.283. The Morgan fingerprint density at radius 1 is 0.968 bits per heavy atom. The molecule has 1 heterocycles. The summed E-state index contributed by atoms with van der Waals surface area (Å²) in [5, 5.41) is 4.85. The Bertz CT molecular complexity index is 1170. The van der Waals surface area contributed by atoms with Gasteiger partial charge in [0.1, 0.15) is 6.61 Å². The summed E-state index contributed by atoms with van der Waals surface area (Å²) in [6.07, 6.45) is 3.05. The van der Waals surface area contributed by atoms with E-state index in [0.29, 0.717) is 13.2 Å². The summed E-state index contributed by atoms with van der Waals surface area (Å²) >= 11 is 3.69. The number of halogens is 1. The van der Waals surface area contributed by atoms with Crippen molar-refractivity contribution in [2.45, 2.75) is 26.5 Å². The molecule has 0 aliphatic heterocycles. The van der Waals surface area contributed by atoms with Gasteiger partial charge in [-0.25, -0.2) is 0 Å². The lowest BCUT2D eigenvalue weighted by Gasteiger charge is -2.18. The largest absolute Gasteiger partial charge is 0.493 e. The van der Waals surface area contributed by atoms with Crippen molar-refractivity contribution < 1.29 is 9.47 Å². The van der Waals surface area contributed by atoms with Gasteiger partial charge in [0.2, 0.25) is 0 Å². The number of fused-ring (bicyclic) bond motifs is 1. The second-order valence-corrected chi connectivity index (χ2v) is 8.41. The van der Waals surface area contributed by atoms with E-state index in [9.17, 15) is 0 Å². The van der Waals surface area contributed by atoms with Crippen molar-refractivity contribution in [2.24, 2.45) is 0 Å². The fraction of sp³-hybridized carbons (Fsp3) is 0.231. The van der Waals surface area contributed by atoms with Crippen LogP contribution in [0.1, 0.15) is 22.3 Å². The summed E-state index contributed by atoms with van der Waals surface area (Å²) in [5.74, 6) is 1.52. The van der Waals surface area contributed by atoms with Gasteiger partial charge in [-0.3, -0.25) is 0 Å². The Labute approximate surface area is 191 Å². The number of hydrogen-bond acceptors (Lipinski definition) is 3. The number of H-pyrrole nitrogens is 1. The normalized spacial score (nSPS) is 11.1. The number of nitrogens with one attached hydrogen (secondary N) is 2. The molecule has 0 aliphatic carbocycles. The zero-order valence-corrected chi connectivity index (χ0v) is 19.5. The van der Waals surface area contributed by atoms with E-state index in [4.69, 9.17) is 9.47 Å². The van der Waals surface area contributed by atoms with Crippen LogP contribution in [0.5, 0.6) is 11.5 Å². The van der Waals surface area contributed by atoms with Crippen LogP contribution in [0, 0.1) is 6.92 Å². The number of rotatable bonds is 9. The fourth-order valence-corrected chi connectivity index (χ4v) is 4.22. The van der Waals surface area contributed by atoms with Gasteiger partial charge in [0.05, 0.1) is 7.11 Å². The first-order valence-electron chi connectivity index (χ1n) is 10.5. The van der Waals surface area contributed by atoms with Crippen LogP contribution < -0.4 is 14.8 Å². The molecule has 4 aromatic rings. The van der Waals surface area contributed by atoms with Crippen LogP contribution in [0.4, 0.5) is 0 Å². The van der Waals surface area contributed by atoms with Gasteiger partial charge in [0.15, 0.2) is 11.5 Å². The number of ether oxygens (including phenoxy) is 2. The van der Waals surface area contributed by atoms with E-state index in [0.717, 1.165) is 34.5 Å². The zero-order valence-electron chi connectivity index (χ0n) is 17.9. The van der Waals surface area contributed by atoms with E-state index < -0.39 is 0 Å². The van der Waals surface area contributed by atoms with Crippen LogP contribution in [0.2, 0.25) is 0 Å². The molecule has 0 saturated carbocycles. The minimum atomic E-state index is 0.502. The van der Waals surface area contributed by atoms with Gasteiger partial charge < -0.3 is 19.8 Å². The Hall–Kier alpha value is -2.76. The molecule has 1 aromatic heterocycles. The zero-order chi connectivity index (χ0) is 21.6. The monoisotopic (exact) mass is 478 g/mol. The van der Waals surface area contributed by atoms with Crippen molar-refractivity contribution in [2.75, 3.05) is 13.7 Å². The lowest BCUT2D eigenvalue weighted by molar-refractivity contribution is 0.280. The molecular weight excluding hydrogens is 452 g/mol. The molecule has 0 atom stereocenters. The predicted molar refractivity (Wildman–Crippen MR) is 130 cm³/mol. The van der Waals surface area contributed by atoms with Crippen LogP contribution in [0.3, 0.4) is 0 Å². The maximum atomic E-state index is 6.27. The van der Waals surface area contributed by atoms with Crippen molar-refractivity contribution in [3.63, 3.8) is 0 Å². The van der Waals surface area contributed by atoms with E-state index in [1.54, 1.807) is 7.11 Å². The third kappa shape index (κ3) is 4.94. The Morgan fingerprint density at radius 2 is 1.77 bits per heavy atom. The third-order valence-electron chi connectivity index (χ3n) is 5.57. The maximum Gasteiger partial charge on any atom is 0.167 e. The molecule has 5 heteroatoms. The van der Waals surface area contributed by atoms with Crippen LogP contribution in [0.25, 0.3) is 10.9 Å². The standard InChI is InChI=1S/C26H27BrN2O2/c1-18-7-3-4-8-20(18)17-31-26-22(23(27)11-12-25(26)30-2)16-28-14-13-19-15-29-24-10-6-5-9-21(19)24/h3-12,15,28-29H,13-14,16-17H2,1-2H3. The number of aromatic nitrogens is 1. The second-order valence-electron chi connectivity index (χ2n) is 7.56. The average molecular weight is 479 g/mol. The first kappa shape index (κ1) is 21.5. The molecule has 4 rings (SSSR count). The summed E-state index contributed by atoms with van der Waals surface area (Å²) < 4.78 is 12.9. The average Bonchev–Trinajstić information content (AvgIpc) is 3.20. The van der Waals surface area contributed by atoms with Crippen LogP contribution >= 0.6 is 15.9 Å². The van der Waals surface area contributed by atoms with Crippen molar-refractivity contribution in [3.8, 4) is 11.5 Å². The second kappa shape index (κ2) is 10.0. The molecule has 3 aromatic carbocycles. The highest BCUT2D eigenvalue weighted by molar-refractivity contribution is 9.10. The summed E-state index contributed by atoms with van der Waals surface area (Å²) in [6.45, 7) is 4.15. The van der Waals surface area contributed by atoms with Gasteiger partial charge in [-0.1, -0.05) is 58.4 Å². The Balaban J connectivity index is 1.45. The van der Waals surface area contributed by atoms with Gasteiger partial charge in [-0.2, -0.15) is 0 Å². The van der Waals surface area contributed by atoms with Gasteiger partial charge in [0, 0.05) is 33.7 Å². The number of para-hydroxylation sites is 1. The Morgan fingerprint density at radius 3 is 2.61 bits per heavy atom. The number of aromatic amines is 1. The van der Waals surface area contributed by atoms with E-state index >= 15 is 0 Å². The van der Waals surface area contributed by atoms with Crippen LogP contribution in [-0.4, -0.2) is 18.6 Å². The van der Waals surface area contributed by atoms with Crippen LogP contribution in [0.15, 0.2) is 71.3 Å². The van der Waals surface area contributed by atoms with Crippen molar-refractivity contribution >= 4 is 26.8 Å². The highest BCUT2D eigenvalue weighted by Gasteiger charge is 2.15. The van der Waals surface area contributed by atoms with E-state index in [2.05, 4.69) is 75.7 Å². The van der Waals surface area contributed by atoms with E-state index in [-0.39, 0.29) is 0 Å². The number of benzene rings is 3. The van der Waals surface area contributed by atoms with Crippen molar-refractivity contribution in [1.29, 1.82) is 0 Å². The number of aryl methyl sites for hydroxylation is 1. The first-order chi connectivity index (χ1) is 15.2. The molecule has 0 fully saturated rings. The molecule has 0 saturated heterocycles. The number of hydrogen-bond donors (Lipinski definition) is 2. The fourth-order valence-electron chi connectivity index (χ4n) is 3.76. The SMILES string of the molecule is COc1ccc(Br)c(CNCCc2c[nH]c3ccccc23)c1OCc1ccccc1C. The molecule has 0 spiro atoms. The predicted octanol–water partition coefficient (Wildman–Crippen LogP) is 6.16. The van der Waals surface area contributed by atoms with E-state index in [1.165, 1.54) is 27.6 Å². The lowest BCUT2D eigenvalue weighted by atomic mass is 10.1. The summed E-state index contributed by atoms with van der Waals surface area (Å²) in [5.41, 5.74) is 5.95. The molecular formula is C26H27BrN2O2. The molecule has 0 unspecified atom stereocenters. The molecule has 160 valence electrons. The molecule has 4 nitrogen and oxygen atoms in total. The maximum absolute atomic E-state index is 6.27. The molecule has 0 bridgehead atoms. The third-order valence-corrected chi connectivity index (χ3v) is 6.31. The molecule has 0 aliphatic rings. The summed E-state index contributed by atoms with van der Waals surface area (Å²) in [6, 6.07) is 20.6. The smallest absolute Gasteiger partial charge is 0.167 e. The highest BCUT2D eigenvalue weighted by Crippen LogP contribution is 2.37. The minimum Gasteiger partial charge on any atom is -0.493 e. The van der Waals surface area contributed by atoms with Gasteiger partial charge in [-0.15, -0.1) is 0 Å². The first-order valence-corrected chi connectivity index (χ1v) is 11.2. The highest BCUT2D eigenvalue weighted by atomic mass is 79.9. The molecule has 0 radical (unpaired) electrons. The molecule has 31 heavy (non-hydrogen) atoms. The van der Waals surface area contributed by atoms with Gasteiger partial charge >= 0.3 is 0 Å². The minimum absolute atomic E-state index is 0.502. The molecule has 0 amide bonds. The lowest BCUT2D eigenvalue weighted by Crippen LogP contribution is -2.18. The van der Waals surface area contributed by atoms with Crippen LogP contribution in [-0.2, 0) is 19.6 Å². The topological polar surface area (TPSA) is 46.3 Å². The number of methoxy groups -OCH3 is 1. The van der Waals surface area contributed by atoms with Gasteiger partial charge in [0.25, 0.3) is 0 Å². The van der Waals surface area contributed by atoms with Crippen molar-refractivity contribution in [1.82, 2.24) is 10.3 Å². The van der Waals surface area contributed by atoms with Crippen molar-refractivity contribution in [3.05, 3.63) is 93.6 Å². The summed E-state index contributed by atoms with van der Waals surface area (Å²) in [7, 11) is 1.68. The summed E-state index contributed by atoms with van der Waals surface area (Å²) in [4.78, 5) is 3.35. The van der Waals surface area contributed by atoms with E-state index in [1.807, 2.05) is 24.3 Å². The van der Waals surface area contributed by atoms with Gasteiger partial charge in [-0.05, 0) is 54.8 Å².